The molecule has 5 atom stereocenters. The number of aromatic hydroxyl groups is 1. The molecule has 0 amide bonds. The molecule has 1 aromatic carbocycles. The van der Waals surface area contributed by atoms with Gasteiger partial charge in [-0.25, -0.2) is 0 Å². The second-order valence-electron chi connectivity index (χ2n) is 5.63. The second kappa shape index (κ2) is 11.5. The van der Waals surface area contributed by atoms with Gasteiger partial charge in [-0.3, -0.25) is 4.28 Å². The first-order chi connectivity index (χ1) is 12.6. The van der Waals surface area contributed by atoms with Gasteiger partial charge in [-0.2, -0.15) is 8.42 Å². The third kappa shape index (κ3) is 7.79. The molecule has 0 saturated carbocycles. The van der Waals surface area contributed by atoms with Crippen LogP contribution in [0.5, 0.6) is 5.75 Å². The fraction of sp³-hybridized carbons (Fsp3) is 0.500. The Hall–Kier alpha value is 0.186. The van der Waals surface area contributed by atoms with Crippen molar-refractivity contribution in [3.8, 4) is 5.75 Å². The molecule has 0 aliphatic carbocycles. The Morgan fingerprint density at radius 3 is 2.32 bits per heavy atom. The molecule has 1 aromatic rings. The largest absolute Gasteiger partial charge is 1.00 e. The van der Waals surface area contributed by atoms with E-state index in [0.717, 1.165) is 0 Å². The quantitative estimate of drug-likeness (QED) is 0.0680. The normalized spacial score (nSPS) is 28.5. The number of hydrogen-bond donors (Lipinski definition) is 5. The number of oxime groups is 1. The maximum Gasteiger partial charge on any atom is 1.00 e. The van der Waals surface area contributed by atoms with Crippen LogP contribution in [0.3, 0.4) is 0 Å². The van der Waals surface area contributed by atoms with Crippen molar-refractivity contribution in [2.24, 2.45) is 5.16 Å². The van der Waals surface area contributed by atoms with Crippen LogP contribution < -0.4 is 51.4 Å². The summed E-state index contributed by atoms with van der Waals surface area (Å²) in [7, 11) is -5.13. The summed E-state index contributed by atoms with van der Waals surface area (Å²) in [4.78, 5) is 0. The van der Waals surface area contributed by atoms with E-state index in [1.807, 2.05) is 0 Å². The summed E-state index contributed by atoms with van der Waals surface area (Å²) in [6, 6.07) is 5.75. The third-order valence-electron chi connectivity index (χ3n) is 3.62. The molecule has 0 bridgehead atoms. The van der Waals surface area contributed by atoms with E-state index in [4.69, 9.17) is 4.74 Å². The van der Waals surface area contributed by atoms with Gasteiger partial charge in [-0.15, -0.1) is 0 Å². The van der Waals surface area contributed by atoms with E-state index in [1.165, 1.54) is 24.3 Å². The molecule has 2 rings (SSSR count). The zero-order chi connectivity index (χ0) is 20.2. The summed E-state index contributed by atoms with van der Waals surface area (Å²) < 4.78 is 41.2. The number of nitrogens with zero attached hydrogens (tertiary/aromatic N) is 1. The first kappa shape index (κ1) is 26.2. The molecule has 1 aliphatic rings. The topological polar surface area (TPSA) is 189 Å². The molecule has 152 valence electrons. The van der Waals surface area contributed by atoms with Crippen molar-refractivity contribution < 1.29 is 98.9 Å². The number of phenols is 1. The predicted octanol–water partition coefficient (Wildman–Crippen LogP) is -4.74. The number of aliphatic hydroxyl groups is 4. The molecule has 0 aromatic heterocycles. The van der Waals surface area contributed by atoms with Gasteiger partial charge in [-0.05, 0) is 17.7 Å². The fourth-order valence-electron chi connectivity index (χ4n) is 2.27. The summed E-state index contributed by atoms with van der Waals surface area (Å²) >= 11 is 0.643. The van der Waals surface area contributed by atoms with Crippen LogP contribution in [0.25, 0.3) is 0 Å². The van der Waals surface area contributed by atoms with E-state index in [9.17, 15) is 38.5 Å². The zero-order valence-electron chi connectivity index (χ0n) is 14.7. The molecular weight excluding hydrogens is 445 g/mol. The number of hydrogen-bond acceptors (Lipinski definition) is 12. The van der Waals surface area contributed by atoms with Gasteiger partial charge in [0.15, 0.2) is 0 Å². The van der Waals surface area contributed by atoms with Gasteiger partial charge < -0.3 is 34.8 Å². The molecule has 14 heteroatoms. The molecule has 1 fully saturated rings. The monoisotopic (exact) mass is 463 g/mol. The minimum absolute atomic E-state index is 0. The Morgan fingerprint density at radius 1 is 1.18 bits per heavy atom. The zero-order valence-corrected chi connectivity index (χ0v) is 19.4. The van der Waals surface area contributed by atoms with Crippen molar-refractivity contribution in [1.29, 1.82) is 0 Å². The summed E-state index contributed by atoms with van der Waals surface area (Å²) in [5.41, 5.74) is -0.690. The van der Waals surface area contributed by atoms with Gasteiger partial charge in [0.05, 0.1) is 6.61 Å². The third-order valence-corrected chi connectivity index (χ3v) is 4.99. The van der Waals surface area contributed by atoms with Crippen LogP contribution in [-0.4, -0.2) is 80.0 Å². The van der Waals surface area contributed by atoms with E-state index < -0.39 is 46.9 Å². The van der Waals surface area contributed by atoms with E-state index in [-0.39, 0.29) is 68.6 Å². The molecule has 11 nitrogen and oxygen atoms in total. The SMILES string of the molecule is O=S(=O)([O-])O/N=C(/Cc1ccc(O)cc1)S[C@@H]1O[C@H](CO)[C@@H](O)[C@H](O)[C@H]1O.[K+]. The summed E-state index contributed by atoms with van der Waals surface area (Å²) in [6.07, 6.45) is -6.01. The Labute approximate surface area is 207 Å². The Kier molecular flexibility index (Phi) is 10.8. The molecule has 28 heavy (non-hydrogen) atoms. The minimum Gasteiger partial charge on any atom is -0.714 e. The van der Waals surface area contributed by atoms with Crippen LogP contribution in [0, 0.1) is 0 Å². The average Bonchev–Trinajstić information content (AvgIpc) is 2.61. The molecule has 1 saturated heterocycles. The van der Waals surface area contributed by atoms with Crippen molar-refractivity contribution in [2.45, 2.75) is 36.3 Å². The van der Waals surface area contributed by atoms with Crippen LogP contribution in [0.15, 0.2) is 29.4 Å². The van der Waals surface area contributed by atoms with Crippen molar-refractivity contribution in [3.05, 3.63) is 29.8 Å². The van der Waals surface area contributed by atoms with Crippen LogP contribution in [0.4, 0.5) is 0 Å². The Balaban J connectivity index is 0.00000392. The average molecular weight is 464 g/mol. The first-order valence-corrected chi connectivity index (χ1v) is 9.78. The number of thioether (sulfide) groups is 1. The van der Waals surface area contributed by atoms with E-state index in [2.05, 4.69) is 9.44 Å². The van der Waals surface area contributed by atoms with Crippen LogP contribution in [0.1, 0.15) is 5.56 Å². The predicted molar refractivity (Wildman–Crippen MR) is 91.4 cm³/mol. The smallest absolute Gasteiger partial charge is 0.714 e. The van der Waals surface area contributed by atoms with Crippen LogP contribution in [0.2, 0.25) is 0 Å². The van der Waals surface area contributed by atoms with Gasteiger partial charge >= 0.3 is 51.4 Å². The number of rotatable bonds is 6. The molecule has 1 heterocycles. The molecular formula is C14H18KNO10S2. The van der Waals surface area contributed by atoms with Gasteiger partial charge in [0.25, 0.3) is 10.4 Å². The van der Waals surface area contributed by atoms with Gasteiger partial charge in [0, 0.05) is 6.42 Å². The first-order valence-electron chi connectivity index (χ1n) is 7.57. The molecule has 5 N–H and O–H groups in total. The van der Waals surface area contributed by atoms with E-state index in [0.29, 0.717) is 17.3 Å². The van der Waals surface area contributed by atoms with E-state index in [1.54, 1.807) is 0 Å². The van der Waals surface area contributed by atoms with Gasteiger partial charge in [0.2, 0.25) is 0 Å². The summed E-state index contributed by atoms with van der Waals surface area (Å²) in [5, 5.41) is 51.3. The molecule has 1 aliphatic heterocycles. The number of benzene rings is 1. The molecule has 0 radical (unpaired) electrons. The number of aliphatic hydroxyl groups excluding tert-OH is 4. The maximum absolute atomic E-state index is 10.7. The van der Waals surface area contributed by atoms with Gasteiger partial charge in [0.1, 0.15) is 40.6 Å². The van der Waals surface area contributed by atoms with Gasteiger partial charge in [-0.1, -0.05) is 29.1 Å². The van der Waals surface area contributed by atoms with Crippen molar-refractivity contribution in [2.75, 3.05) is 6.61 Å². The summed E-state index contributed by atoms with van der Waals surface area (Å²) in [5.74, 6) is -0.00258. The van der Waals surface area contributed by atoms with Crippen molar-refractivity contribution in [3.63, 3.8) is 0 Å². The van der Waals surface area contributed by atoms with Crippen molar-refractivity contribution in [1.82, 2.24) is 0 Å². The standard InChI is InChI=1S/C14H19NO10S2.K/c16-6-9-11(18)12(19)13(20)14(24-9)26-10(15-25-27(21,22)23)5-7-1-3-8(17)4-2-7;/h1-4,9,11-14,16-20H,5-6H2,(H,21,22,23);/q;+1/p-1/b15-10-;/t9-,11-,12+,13-,14+;/m1./s1. The minimum atomic E-state index is -5.13. The number of phenolic OH excluding ortho intramolecular Hbond substituents is 1. The van der Waals surface area contributed by atoms with Crippen LogP contribution >= 0.6 is 11.8 Å². The maximum atomic E-state index is 10.7. The summed E-state index contributed by atoms with van der Waals surface area (Å²) in [6.45, 7) is -0.641. The van der Waals surface area contributed by atoms with E-state index >= 15 is 0 Å². The molecule has 0 unspecified atom stereocenters. The van der Waals surface area contributed by atoms with Crippen LogP contribution in [-0.2, 0) is 25.8 Å². The van der Waals surface area contributed by atoms with Crippen molar-refractivity contribution >= 4 is 27.2 Å². The Morgan fingerprint density at radius 2 is 1.79 bits per heavy atom. The molecule has 0 spiro atoms. The number of ether oxygens (including phenoxy) is 1. The Bertz CT molecular complexity index is 758. The second-order valence-corrected chi connectivity index (χ2v) is 7.76. The fourth-order valence-corrected chi connectivity index (χ4v) is 3.60.